The van der Waals surface area contributed by atoms with Gasteiger partial charge < -0.3 is 21.7 Å². The quantitative estimate of drug-likeness (QED) is 0.412. The first-order valence-corrected chi connectivity index (χ1v) is 4.86. The molecule has 13 heavy (non-hydrogen) atoms. The molecule has 0 aliphatic carbocycles. The summed E-state index contributed by atoms with van der Waals surface area (Å²) in [5, 5.41) is 18.4. The molecule has 0 amide bonds. The highest BCUT2D eigenvalue weighted by atomic mass is 16.3. The van der Waals surface area contributed by atoms with E-state index in [0.29, 0.717) is 13.1 Å². The number of aliphatic hydroxyl groups is 2. The molecule has 0 aromatic carbocycles. The number of nitrogens with two attached hydrogens (primary N) is 2. The van der Waals surface area contributed by atoms with Crippen LogP contribution in [0.15, 0.2) is 0 Å². The van der Waals surface area contributed by atoms with E-state index in [0.717, 1.165) is 25.7 Å². The molecule has 0 aromatic heterocycles. The van der Waals surface area contributed by atoms with E-state index in [4.69, 9.17) is 11.5 Å². The number of hydrogen-bond donors (Lipinski definition) is 4. The van der Waals surface area contributed by atoms with Crippen molar-refractivity contribution in [3.05, 3.63) is 0 Å². The molecule has 0 aliphatic rings. The van der Waals surface area contributed by atoms with Crippen LogP contribution in [0.5, 0.6) is 0 Å². The van der Waals surface area contributed by atoms with Crippen LogP contribution in [0.1, 0.15) is 25.7 Å². The van der Waals surface area contributed by atoms with Gasteiger partial charge in [-0.05, 0) is 38.8 Å². The first-order chi connectivity index (χ1) is 6.24. The van der Waals surface area contributed by atoms with E-state index in [1.807, 2.05) is 0 Å². The maximum absolute atomic E-state index is 9.19. The molecular weight excluding hydrogens is 168 g/mol. The van der Waals surface area contributed by atoms with Crippen LogP contribution < -0.4 is 11.5 Å². The Labute approximate surface area is 79.9 Å². The molecule has 80 valence electrons. The fourth-order valence-electron chi connectivity index (χ4n) is 1.45. The zero-order chi connectivity index (χ0) is 10.2. The molecule has 0 fully saturated rings. The largest absolute Gasteiger partial charge is 0.396 e. The second-order valence-electron chi connectivity index (χ2n) is 3.60. The molecule has 4 heteroatoms. The van der Waals surface area contributed by atoms with Gasteiger partial charge in [-0.2, -0.15) is 0 Å². The van der Waals surface area contributed by atoms with Crippen molar-refractivity contribution in [2.75, 3.05) is 26.3 Å². The summed E-state index contributed by atoms with van der Waals surface area (Å²) >= 11 is 0. The van der Waals surface area contributed by atoms with Crippen molar-refractivity contribution in [3.63, 3.8) is 0 Å². The van der Waals surface area contributed by atoms with Crippen molar-refractivity contribution in [1.29, 1.82) is 0 Å². The molecule has 0 aromatic rings. The first-order valence-electron chi connectivity index (χ1n) is 4.86. The molecular formula is C9H22N2O2. The average Bonchev–Trinajstić information content (AvgIpc) is 2.20. The van der Waals surface area contributed by atoms with Crippen molar-refractivity contribution in [1.82, 2.24) is 0 Å². The van der Waals surface area contributed by atoms with Crippen LogP contribution in [0.2, 0.25) is 0 Å². The van der Waals surface area contributed by atoms with E-state index in [9.17, 15) is 10.2 Å². The minimum atomic E-state index is -0.362. The lowest BCUT2D eigenvalue weighted by Gasteiger charge is -2.29. The third kappa shape index (κ3) is 4.57. The van der Waals surface area contributed by atoms with Crippen molar-refractivity contribution in [3.8, 4) is 0 Å². The molecule has 6 N–H and O–H groups in total. The van der Waals surface area contributed by atoms with Gasteiger partial charge in [-0.3, -0.25) is 0 Å². The molecule has 0 heterocycles. The highest BCUT2D eigenvalue weighted by Gasteiger charge is 2.27. The fraction of sp³-hybridized carbons (Fsp3) is 1.00. The summed E-state index contributed by atoms with van der Waals surface area (Å²) in [6.45, 7) is 1.24. The summed E-state index contributed by atoms with van der Waals surface area (Å²) in [6.07, 6.45) is 3.23. The number of hydrogen-bond acceptors (Lipinski definition) is 4. The van der Waals surface area contributed by atoms with Gasteiger partial charge in [0.05, 0.1) is 13.2 Å². The predicted octanol–water partition coefficient (Wildman–Crippen LogP) is -0.565. The predicted molar refractivity (Wildman–Crippen MR) is 53.2 cm³/mol. The average molecular weight is 190 g/mol. The molecule has 0 radical (unpaired) electrons. The number of rotatable bonds is 8. The molecule has 4 nitrogen and oxygen atoms in total. The molecule has 0 atom stereocenters. The minimum Gasteiger partial charge on any atom is -0.396 e. The molecule has 0 unspecified atom stereocenters. The summed E-state index contributed by atoms with van der Waals surface area (Å²) in [7, 11) is 0. The van der Waals surface area contributed by atoms with E-state index in [1.54, 1.807) is 0 Å². The normalized spacial score (nSPS) is 12.0. The Morgan fingerprint density at radius 1 is 0.846 bits per heavy atom. The van der Waals surface area contributed by atoms with Crippen LogP contribution in [-0.2, 0) is 0 Å². The van der Waals surface area contributed by atoms with Crippen LogP contribution in [-0.4, -0.2) is 36.5 Å². The molecule has 0 saturated carbocycles. The second-order valence-corrected chi connectivity index (χ2v) is 3.60. The lowest BCUT2D eigenvalue weighted by atomic mass is 9.80. The second kappa shape index (κ2) is 7.26. The highest BCUT2D eigenvalue weighted by Crippen LogP contribution is 2.28. The molecule has 0 spiro atoms. The third-order valence-electron chi connectivity index (χ3n) is 2.49. The molecule has 0 bridgehead atoms. The Kier molecular flexibility index (Phi) is 7.17. The van der Waals surface area contributed by atoms with Gasteiger partial charge in [0.2, 0.25) is 0 Å². The van der Waals surface area contributed by atoms with E-state index in [-0.39, 0.29) is 18.6 Å². The zero-order valence-electron chi connectivity index (χ0n) is 8.21. The van der Waals surface area contributed by atoms with Crippen LogP contribution in [0.3, 0.4) is 0 Å². The van der Waals surface area contributed by atoms with E-state index in [2.05, 4.69) is 0 Å². The summed E-state index contributed by atoms with van der Waals surface area (Å²) < 4.78 is 0. The van der Waals surface area contributed by atoms with Crippen molar-refractivity contribution >= 4 is 0 Å². The molecule has 0 saturated heterocycles. The molecule has 0 aliphatic heterocycles. The lowest BCUT2D eigenvalue weighted by molar-refractivity contribution is 0.0375. The van der Waals surface area contributed by atoms with Gasteiger partial charge in [-0.1, -0.05) is 0 Å². The van der Waals surface area contributed by atoms with Crippen LogP contribution in [0.25, 0.3) is 0 Å². The van der Waals surface area contributed by atoms with Crippen molar-refractivity contribution in [2.24, 2.45) is 16.9 Å². The van der Waals surface area contributed by atoms with Crippen molar-refractivity contribution < 1.29 is 10.2 Å². The van der Waals surface area contributed by atoms with E-state index < -0.39 is 0 Å². The van der Waals surface area contributed by atoms with Gasteiger partial charge in [-0.25, -0.2) is 0 Å². The fourth-order valence-corrected chi connectivity index (χ4v) is 1.45. The standard InChI is InChI=1S/C9H22N2O2/c10-5-1-3-9(7-12,8-13)4-2-6-11/h12-13H,1-8,10-11H2. The van der Waals surface area contributed by atoms with Crippen molar-refractivity contribution in [2.45, 2.75) is 25.7 Å². The summed E-state index contributed by atoms with van der Waals surface area (Å²) in [6, 6.07) is 0. The van der Waals surface area contributed by atoms with E-state index in [1.165, 1.54) is 0 Å². The van der Waals surface area contributed by atoms with Gasteiger partial charge >= 0.3 is 0 Å². The van der Waals surface area contributed by atoms with Crippen LogP contribution in [0, 0.1) is 5.41 Å². The maximum atomic E-state index is 9.19. The first kappa shape index (κ1) is 12.8. The highest BCUT2D eigenvalue weighted by molar-refractivity contribution is 4.78. The monoisotopic (exact) mass is 190 g/mol. The Morgan fingerprint density at radius 2 is 1.23 bits per heavy atom. The van der Waals surface area contributed by atoms with Gasteiger partial charge in [0.15, 0.2) is 0 Å². The smallest absolute Gasteiger partial charge is 0.0509 e. The minimum absolute atomic E-state index is 0.0174. The zero-order valence-corrected chi connectivity index (χ0v) is 8.21. The summed E-state index contributed by atoms with van der Waals surface area (Å²) in [5.74, 6) is 0. The molecule has 0 rings (SSSR count). The SMILES string of the molecule is NCCCC(CO)(CO)CCCN. The van der Waals surface area contributed by atoms with Gasteiger partial charge in [0.1, 0.15) is 0 Å². The Bertz CT molecular complexity index is 106. The van der Waals surface area contributed by atoms with Gasteiger partial charge in [0, 0.05) is 5.41 Å². The summed E-state index contributed by atoms with van der Waals surface area (Å²) in [5.41, 5.74) is 10.4. The Hall–Kier alpha value is -0.160. The third-order valence-corrected chi connectivity index (χ3v) is 2.49. The van der Waals surface area contributed by atoms with E-state index >= 15 is 0 Å². The lowest BCUT2D eigenvalue weighted by Crippen LogP contribution is -2.31. The maximum Gasteiger partial charge on any atom is 0.0509 e. The Balaban J connectivity index is 3.97. The topological polar surface area (TPSA) is 92.5 Å². The Morgan fingerprint density at radius 3 is 1.46 bits per heavy atom. The van der Waals surface area contributed by atoms with Crippen LogP contribution >= 0.6 is 0 Å². The van der Waals surface area contributed by atoms with Crippen LogP contribution in [0.4, 0.5) is 0 Å². The summed E-state index contributed by atoms with van der Waals surface area (Å²) in [4.78, 5) is 0. The van der Waals surface area contributed by atoms with Gasteiger partial charge in [0.25, 0.3) is 0 Å². The van der Waals surface area contributed by atoms with Gasteiger partial charge in [-0.15, -0.1) is 0 Å². The number of aliphatic hydroxyl groups excluding tert-OH is 2.